The summed E-state index contributed by atoms with van der Waals surface area (Å²) in [4.78, 5) is 50.3. The van der Waals surface area contributed by atoms with Gasteiger partial charge < -0.3 is 9.80 Å². The van der Waals surface area contributed by atoms with Crippen molar-refractivity contribution in [3.8, 4) is 0 Å². The smallest absolute Gasteiger partial charge is 0.225 e. The Labute approximate surface area is 221 Å². The summed E-state index contributed by atoms with van der Waals surface area (Å²) in [6, 6.07) is 5.25. The molecule has 1 aromatic heterocycles. The van der Waals surface area contributed by atoms with E-state index in [1.807, 2.05) is 4.90 Å². The Bertz CT molecular complexity index is 1300. The standard InChI is InChI=1S/C29H32F2N4O3/c1-18-19(2)28(38)24(20(3)27(18)37)7-8-26(36)34-13-9-21(10-14-34)16-35(29-32-11-4-12-33-29)17-22-5-6-23(30)15-25(22)31/h4-6,11-12,15,21H,7-10,13-14,16-17H2,1-3H3. The number of piperidine rings is 1. The first-order valence-electron chi connectivity index (χ1n) is 12.9. The zero-order valence-corrected chi connectivity index (χ0v) is 22.0. The molecule has 1 fully saturated rings. The quantitative estimate of drug-likeness (QED) is 0.472. The lowest BCUT2D eigenvalue weighted by Crippen LogP contribution is -2.42. The van der Waals surface area contributed by atoms with Gasteiger partial charge in [-0.15, -0.1) is 0 Å². The number of rotatable bonds is 8. The van der Waals surface area contributed by atoms with Crippen LogP contribution >= 0.6 is 0 Å². The van der Waals surface area contributed by atoms with Gasteiger partial charge in [-0.2, -0.15) is 0 Å². The zero-order chi connectivity index (χ0) is 27.4. The van der Waals surface area contributed by atoms with E-state index >= 15 is 0 Å². The van der Waals surface area contributed by atoms with Crippen LogP contribution in [0.15, 0.2) is 59.0 Å². The number of benzene rings is 1. The van der Waals surface area contributed by atoms with Crippen molar-refractivity contribution in [2.24, 2.45) is 5.92 Å². The maximum Gasteiger partial charge on any atom is 0.225 e. The van der Waals surface area contributed by atoms with E-state index in [1.54, 1.807) is 44.1 Å². The third kappa shape index (κ3) is 6.03. The number of allylic oxidation sites excluding steroid dienone is 4. The van der Waals surface area contributed by atoms with E-state index in [0.717, 1.165) is 18.9 Å². The fourth-order valence-corrected chi connectivity index (χ4v) is 5.05. The number of halogens is 2. The number of hydrogen-bond acceptors (Lipinski definition) is 6. The lowest BCUT2D eigenvalue weighted by molar-refractivity contribution is -0.132. The summed E-state index contributed by atoms with van der Waals surface area (Å²) in [5.41, 5.74) is 2.16. The monoisotopic (exact) mass is 522 g/mol. The molecule has 0 unspecified atom stereocenters. The highest BCUT2D eigenvalue weighted by molar-refractivity contribution is 6.24. The number of carbonyl (C=O) groups is 3. The van der Waals surface area contributed by atoms with Crippen LogP contribution in [-0.2, 0) is 20.9 Å². The van der Waals surface area contributed by atoms with Crippen LogP contribution in [0.2, 0.25) is 0 Å². The lowest BCUT2D eigenvalue weighted by Gasteiger charge is -2.35. The number of amides is 1. The van der Waals surface area contributed by atoms with Crippen LogP contribution in [0.3, 0.4) is 0 Å². The second-order valence-corrected chi connectivity index (χ2v) is 10.0. The van der Waals surface area contributed by atoms with Gasteiger partial charge >= 0.3 is 0 Å². The SMILES string of the molecule is CC1=C(C)C(=O)C(CCC(=O)N2CCC(CN(Cc3ccc(F)cc3F)c3ncccn3)CC2)=C(C)C1=O. The van der Waals surface area contributed by atoms with Crippen LogP contribution in [0.4, 0.5) is 14.7 Å². The van der Waals surface area contributed by atoms with Crippen LogP contribution in [0, 0.1) is 17.6 Å². The number of likely N-dealkylation sites (tertiary alicyclic amines) is 1. The third-order valence-electron chi connectivity index (χ3n) is 7.56. The van der Waals surface area contributed by atoms with Crippen molar-refractivity contribution in [1.29, 1.82) is 0 Å². The van der Waals surface area contributed by atoms with Gasteiger partial charge in [0, 0.05) is 78.9 Å². The Hall–Kier alpha value is -3.75. The average molecular weight is 523 g/mol. The average Bonchev–Trinajstić information content (AvgIpc) is 2.92. The van der Waals surface area contributed by atoms with E-state index in [2.05, 4.69) is 9.97 Å². The summed E-state index contributed by atoms with van der Waals surface area (Å²) in [6.07, 6.45) is 5.18. The highest BCUT2D eigenvalue weighted by Crippen LogP contribution is 2.28. The van der Waals surface area contributed by atoms with Crippen molar-refractivity contribution in [3.63, 3.8) is 0 Å². The molecule has 38 heavy (non-hydrogen) atoms. The molecule has 200 valence electrons. The van der Waals surface area contributed by atoms with Crippen LogP contribution < -0.4 is 4.90 Å². The molecule has 4 rings (SSSR count). The number of aromatic nitrogens is 2. The fraction of sp³-hybridized carbons (Fsp3) is 0.414. The molecular formula is C29H32F2N4O3. The molecule has 7 nitrogen and oxygen atoms in total. The van der Waals surface area contributed by atoms with E-state index in [1.165, 1.54) is 12.1 Å². The van der Waals surface area contributed by atoms with Crippen molar-refractivity contribution >= 4 is 23.4 Å². The first-order valence-corrected chi connectivity index (χ1v) is 12.9. The first-order chi connectivity index (χ1) is 18.2. The van der Waals surface area contributed by atoms with Crippen molar-refractivity contribution in [2.45, 2.75) is 53.0 Å². The van der Waals surface area contributed by atoms with Gasteiger partial charge in [0.2, 0.25) is 11.9 Å². The minimum Gasteiger partial charge on any atom is -0.343 e. The summed E-state index contributed by atoms with van der Waals surface area (Å²) >= 11 is 0. The molecule has 2 aliphatic rings. The van der Waals surface area contributed by atoms with Gasteiger partial charge in [0.05, 0.1) is 0 Å². The van der Waals surface area contributed by atoms with Crippen molar-refractivity contribution in [1.82, 2.24) is 14.9 Å². The predicted molar refractivity (Wildman–Crippen MR) is 139 cm³/mol. The highest BCUT2D eigenvalue weighted by atomic mass is 19.1. The molecule has 9 heteroatoms. The first kappa shape index (κ1) is 27.3. The Morgan fingerprint density at radius 2 is 1.66 bits per heavy atom. The zero-order valence-electron chi connectivity index (χ0n) is 22.0. The van der Waals surface area contributed by atoms with Gasteiger partial charge in [-0.1, -0.05) is 6.07 Å². The Morgan fingerprint density at radius 3 is 2.32 bits per heavy atom. The minimum absolute atomic E-state index is 0.0374. The van der Waals surface area contributed by atoms with Crippen LogP contribution in [0.1, 0.15) is 52.0 Å². The molecule has 0 N–H and O–H groups in total. The second kappa shape index (κ2) is 11.8. The fourth-order valence-electron chi connectivity index (χ4n) is 5.05. The maximum absolute atomic E-state index is 14.4. The molecule has 2 aromatic rings. The minimum atomic E-state index is -0.626. The molecule has 1 aromatic carbocycles. The van der Waals surface area contributed by atoms with Crippen LogP contribution in [0.25, 0.3) is 0 Å². The number of hydrogen-bond donors (Lipinski definition) is 0. The molecule has 0 saturated carbocycles. The molecule has 1 saturated heterocycles. The molecule has 0 radical (unpaired) electrons. The summed E-state index contributed by atoms with van der Waals surface area (Å²) in [5, 5.41) is 0. The lowest BCUT2D eigenvalue weighted by atomic mass is 9.84. The summed E-state index contributed by atoms with van der Waals surface area (Å²) in [5.74, 6) is -0.863. The molecule has 1 amide bonds. The van der Waals surface area contributed by atoms with E-state index in [0.29, 0.717) is 53.4 Å². The number of ketones is 2. The van der Waals surface area contributed by atoms with Crippen molar-refractivity contribution in [3.05, 3.63) is 76.1 Å². The van der Waals surface area contributed by atoms with Crippen LogP contribution in [-0.4, -0.2) is 52.0 Å². The van der Waals surface area contributed by atoms with Gasteiger partial charge in [0.25, 0.3) is 0 Å². The largest absolute Gasteiger partial charge is 0.343 e. The molecule has 2 heterocycles. The maximum atomic E-state index is 14.4. The third-order valence-corrected chi connectivity index (χ3v) is 7.56. The number of nitrogens with zero attached hydrogens (tertiary/aromatic N) is 4. The predicted octanol–water partition coefficient (Wildman–Crippen LogP) is 4.58. The Balaban J connectivity index is 1.35. The molecule has 0 bridgehead atoms. The van der Waals surface area contributed by atoms with Gasteiger partial charge in [-0.3, -0.25) is 14.4 Å². The van der Waals surface area contributed by atoms with Gasteiger partial charge in [0.15, 0.2) is 11.6 Å². The summed E-state index contributed by atoms with van der Waals surface area (Å²) in [6.45, 7) is 6.87. The second-order valence-electron chi connectivity index (χ2n) is 10.0. The van der Waals surface area contributed by atoms with E-state index in [-0.39, 0.29) is 42.8 Å². The van der Waals surface area contributed by atoms with Gasteiger partial charge in [0.1, 0.15) is 11.6 Å². The molecule has 0 atom stereocenters. The van der Waals surface area contributed by atoms with Gasteiger partial charge in [-0.25, -0.2) is 18.7 Å². The van der Waals surface area contributed by atoms with Crippen molar-refractivity contribution in [2.75, 3.05) is 24.5 Å². The Kier molecular flexibility index (Phi) is 8.44. The number of anilines is 1. The normalized spacial score (nSPS) is 16.9. The van der Waals surface area contributed by atoms with E-state index in [4.69, 9.17) is 0 Å². The molecule has 1 aliphatic carbocycles. The topological polar surface area (TPSA) is 83.5 Å². The van der Waals surface area contributed by atoms with Gasteiger partial charge in [-0.05, 0) is 58.1 Å². The highest BCUT2D eigenvalue weighted by Gasteiger charge is 2.30. The number of carbonyl (C=O) groups excluding carboxylic acids is 3. The molecule has 0 spiro atoms. The van der Waals surface area contributed by atoms with E-state index < -0.39 is 11.6 Å². The van der Waals surface area contributed by atoms with Crippen molar-refractivity contribution < 1.29 is 23.2 Å². The Morgan fingerprint density at radius 1 is 1.00 bits per heavy atom. The molecular weight excluding hydrogens is 490 g/mol. The summed E-state index contributed by atoms with van der Waals surface area (Å²) < 4.78 is 27.8. The van der Waals surface area contributed by atoms with Crippen LogP contribution in [0.5, 0.6) is 0 Å². The number of Topliss-reactive ketones (excluding diaryl/α,β-unsaturated/α-hetero) is 2. The molecule has 1 aliphatic heterocycles. The van der Waals surface area contributed by atoms with E-state index in [9.17, 15) is 23.2 Å². The summed E-state index contributed by atoms with van der Waals surface area (Å²) in [7, 11) is 0.